The summed E-state index contributed by atoms with van der Waals surface area (Å²) in [6.07, 6.45) is 1.05. The van der Waals surface area contributed by atoms with E-state index in [0.717, 1.165) is 0 Å². The monoisotopic (exact) mass is 204 g/mol. The second kappa shape index (κ2) is 5.95. The van der Waals surface area contributed by atoms with E-state index in [1.807, 2.05) is 0 Å². The summed E-state index contributed by atoms with van der Waals surface area (Å²) >= 11 is 0. The van der Waals surface area contributed by atoms with Crippen molar-refractivity contribution in [1.29, 1.82) is 0 Å². The smallest absolute Gasteiger partial charge is 0.308 e. The minimum Gasteiger partial charge on any atom is -0.469 e. The summed E-state index contributed by atoms with van der Waals surface area (Å²) in [6, 6.07) is 0. The van der Waals surface area contributed by atoms with Crippen molar-refractivity contribution in [3.63, 3.8) is 0 Å². The molecule has 1 heterocycles. The van der Waals surface area contributed by atoms with Gasteiger partial charge in [0.15, 0.2) is 6.29 Å². The Balaban J connectivity index is 2.17. The molecule has 1 fully saturated rings. The fourth-order valence-corrected chi connectivity index (χ4v) is 1.29. The van der Waals surface area contributed by atoms with E-state index >= 15 is 0 Å². The van der Waals surface area contributed by atoms with E-state index in [0.29, 0.717) is 19.4 Å². The molecule has 82 valence electrons. The molecule has 0 aromatic rings. The van der Waals surface area contributed by atoms with Gasteiger partial charge in [0.2, 0.25) is 0 Å². The van der Waals surface area contributed by atoms with Crippen molar-refractivity contribution in [1.82, 2.24) is 0 Å². The number of carbonyl (C=O) groups is 1. The largest absolute Gasteiger partial charge is 0.469 e. The zero-order valence-electron chi connectivity index (χ0n) is 8.27. The molecule has 1 rings (SSSR count). The molecule has 0 amide bonds. The molecular formula is C9H16O5. The SMILES string of the molecule is COC(=O)CC1COC(CCCO)O1. The lowest BCUT2D eigenvalue weighted by molar-refractivity contribution is -0.143. The highest BCUT2D eigenvalue weighted by molar-refractivity contribution is 5.69. The fraction of sp³-hybridized carbons (Fsp3) is 0.889. The number of carbonyl (C=O) groups excluding carboxylic acids is 1. The second-order valence-corrected chi connectivity index (χ2v) is 3.17. The molecule has 1 N–H and O–H groups in total. The van der Waals surface area contributed by atoms with Crippen LogP contribution in [0.1, 0.15) is 19.3 Å². The maximum atomic E-state index is 10.9. The second-order valence-electron chi connectivity index (χ2n) is 3.17. The number of hydrogen-bond donors (Lipinski definition) is 1. The van der Waals surface area contributed by atoms with Crippen molar-refractivity contribution >= 4 is 5.97 Å². The summed E-state index contributed by atoms with van der Waals surface area (Å²) in [5.41, 5.74) is 0. The van der Waals surface area contributed by atoms with E-state index < -0.39 is 0 Å². The summed E-state index contributed by atoms with van der Waals surface area (Å²) in [5.74, 6) is -0.290. The minimum atomic E-state index is -0.290. The quantitative estimate of drug-likeness (QED) is 0.642. The normalized spacial score (nSPS) is 26.4. The van der Waals surface area contributed by atoms with Crippen molar-refractivity contribution in [3.05, 3.63) is 0 Å². The third-order valence-electron chi connectivity index (χ3n) is 2.03. The van der Waals surface area contributed by atoms with Gasteiger partial charge in [-0.2, -0.15) is 0 Å². The number of hydrogen-bond acceptors (Lipinski definition) is 5. The van der Waals surface area contributed by atoms with Crippen LogP contribution in [-0.4, -0.2) is 43.8 Å². The Morgan fingerprint density at radius 2 is 2.43 bits per heavy atom. The van der Waals surface area contributed by atoms with E-state index in [-0.39, 0.29) is 31.4 Å². The number of methoxy groups -OCH3 is 1. The van der Waals surface area contributed by atoms with Crippen LogP contribution in [0.4, 0.5) is 0 Å². The zero-order valence-corrected chi connectivity index (χ0v) is 8.27. The Kier molecular flexibility index (Phi) is 4.86. The molecule has 0 bridgehead atoms. The van der Waals surface area contributed by atoms with Crippen LogP contribution in [0.2, 0.25) is 0 Å². The molecule has 0 radical (unpaired) electrons. The van der Waals surface area contributed by atoms with Crippen molar-refractivity contribution in [3.8, 4) is 0 Å². The maximum absolute atomic E-state index is 10.9. The van der Waals surface area contributed by atoms with Crippen molar-refractivity contribution < 1.29 is 24.1 Å². The summed E-state index contributed by atoms with van der Waals surface area (Å²) in [6.45, 7) is 0.552. The predicted octanol–water partition coefficient (Wildman–Crippen LogP) is 0.0635. The molecular weight excluding hydrogens is 188 g/mol. The average molecular weight is 204 g/mol. The molecule has 1 aliphatic rings. The topological polar surface area (TPSA) is 65.0 Å². The molecule has 0 aromatic heterocycles. The zero-order chi connectivity index (χ0) is 10.4. The van der Waals surface area contributed by atoms with E-state index in [1.54, 1.807) is 0 Å². The number of aliphatic hydroxyl groups excluding tert-OH is 1. The molecule has 1 aliphatic heterocycles. The number of ether oxygens (including phenoxy) is 3. The fourth-order valence-electron chi connectivity index (χ4n) is 1.29. The minimum absolute atomic E-state index is 0.130. The molecule has 2 unspecified atom stereocenters. The highest BCUT2D eigenvalue weighted by Crippen LogP contribution is 2.18. The first kappa shape index (κ1) is 11.4. The molecule has 0 saturated carbocycles. The van der Waals surface area contributed by atoms with Gasteiger partial charge in [0, 0.05) is 13.0 Å². The lowest BCUT2D eigenvalue weighted by Gasteiger charge is -2.09. The molecule has 0 spiro atoms. The third-order valence-corrected chi connectivity index (χ3v) is 2.03. The molecule has 5 nitrogen and oxygen atoms in total. The van der Waals surface area contributed by atoms with Crippen LogP contribution in [0.25, 0.3) is 0 Å². The molecule has 1 saturated heterocycles. The molecule has 0 aliphatic carbocycles. The van der Waals surface area contributed by atoms with Gasteiger partial charge in [0.05, 0.1) is 26.2 Å². The van der Waals surface area contributed by atoms with Crippen LogP contribution in [0.5, 0.6) is 0 Å². The Morgan fingerprint density at radius 3 is 3.07 bits per heavy atom. The Morgan fingerprint density at radius 1 is 1.64 bits per heavy atom. The van der Waals surface area contributed by atoms with Gasteiger partial charge in [-0.25, -0.2) is 0 Å². The van der Waals surface area contributed by atoms with Crippen LogP contribution in [-0.2, 0) is 19.0 Å². The van der Waals surface area contributed by atoms with E-state index in [1.165, 1.54) is 7.11 Å². The van der Waals surface area contributed by atoms with Gasteiger partial charge in [-0.15, -0.1) is 0 Å². The van der Waals surface area contributed by atoms with Crippen LogP contribution < -0.4 is 0 Å². The van der Waals surface area contributed by atoms with Crippen LogP contribution in [0.3, 0.4) is 0 Å². The molecule has 5 heteroatoms. The first-order valence-electron chi connectivity index (χ1n) is 4.71. The van der Waals surface area contributed by atoms with E-state index in [9.17, 15) is 4.79 Å². The third kappa shape index (κ3) is 3.61. The molecule has 2 atom stereocenters. The lowest BCUT2D eigenvalue weighted by atomic mass is 10.3. The summed E-state index contributed by atoms with van der Waals surface area (Å²) in [4.78, 5) is 10.9. The van der Waals surface area contributed by atoms with Gasteiger partial charge < -0.3 is 19.3 Å². The lowest BCUT2D eigenvalue weighted by Crippen LogP contribution is -2.18. The van der Waals surface area contributed by atoms with Crippen LogP contribution in [0.15, 0.2) is 0 Å². The molecule has 14 heavy (non-hydrogen) atoms. The number of esters is 1. The van der Waals surface area contributed by atoms with Gasteiger partial charge in [0.1, 0.15) is 0 Å². The van der Waals surface area contributed by atoms with Gasteiger partial charge in [-0.1, -0.05) is 0 Å². The van der Waals surface area contributed by atoms with Gasteiger partial charge in [0.25, 0.3) is 0 Å². The van der Waals surface area contributed by atoms with Gasteiger partial charge in [-0.05, 0) is 6.42 Å². The first-order valence-corrected chi connectivity index (χ1v) is 4.71. The Hall–Kier alpha value is -0.650. The summed E-state index contributed by atoms with van der Waals surface area (Å²) < 4.78 is 15.2. The first-order chi connectivity index (χ1) is 6.76. The highest BCUT2D eigenvalue weighted by atomic mass is 16.7. The van der Waals surface area contributed by atoms with Gasteiger partial charge in [-0.3, -0.25) is 4.79 Å². The summed E-state index contributed by atoms with van der Waals surface area (Å²) in [7, 11) is 1.35. The van der Waals surface area contributed by atoms with E-state index in [4.69, 9.17) is 14.6 Å². The standard InChI is InChI=1S/C9H16O5/c1-12-8(11)5-7-6-13-9(14-7)3-2-4-10/h7,9-10H,2-6H2,1H3. The average Bonchev–Trinajstić information content (AvgIpc) is 2.62. The molecule has 0 aromatic carbocycles. The Bertz CT molecular complexity index is 182. The highest BCUT2D eigenvalue weighted by Gasteiger charge is 2.27. The number of rotatable bonds is 5. The Labute approximate surface area is 82.9 Å². The van der Waals surface area contributed by atoms with Crippen molar-refractivity contribution in [2.75, 3.05) is 20.3 Å². The van der Waals surface area contributed by atoms with E-state index in [2.05, 4.69) is 4.74 Å². The van der Waals surface area contributed by atoms with Crippen LogP contribution >= 0.6 is 0 Å². The van der Waals surface area contributed by atoms with Gasteiger partial charge >= 0.3 is 5.97 Å². The maximum Gasteiger partial charge on any atom is 0.308 e. The summed E-state index contributed by atoms with van der Waals surface area (Å²) in [5, 5.41) is 8.59. The predicted molar refractivity (Wildman–Crippen MR) is 47.6 cm³/mol. The van der Waals surface area contributed by atoms with Crippen LogP contribution in [0, 0.1) is 0 Å². The number of aliphatic hydroxyl groups is 1. The van der Waals surface area contributed by atoms with Crippen molar-refractivity contribution in [2.45, 2.75) is 31.7 Å². The van der Waals surface area contributed by atoms with Crippen molar-refractivity contribution in [2.24, 2.45) is 0 Å².